The maximum absolute atomic E-state index is 12.8. The Labute approximate surface area is 96.6 Å². The number of alkyl halides is 2. The van der Waals surface area contributed by atoms with Gasteiger partial charge in [0.15, 0.2) is 0 Å². The maximum Gasteiger partial charge on any atom is 0.267 e. The van der Waals surface area contributed by atoms with Crippen molar-refractivity contribution in [2.24, 2.45) is 5.92 Å². The molecule has 1 saturated carbocycles. The molecule has 1 aromatic heterocycles. The van der Waals surface area contributed by atoms with Gasteiger partial charge in [-0.1, -0.05) is 11.6 Å². The van der Waals surface area contributed by atoms with E-state index in [-0.39, 0.29) is 22.2 Å². The van der Waals surface area contributed by atoms with Gasteiger partial charge in [-0.15, -0.1) is 0 Å². The van der Waals surface area contributed by atoms with E-state index in [1.54, 1.807) is 0 Å². The molecule has 0 N–H and O–H groups in total. The van der Waals surface area contributed by atoms with E-state index in [1.165, 1.54) is 12.3 Å². The fourth-order valence-corrected chi connectivity index (χ4v) is 2.04. The van der Waals surface area contributed by atoms with Crippen LogP contribution in [0.4, 0.5) is 8.78 Å². The smallest absolute Gasteiger partial charge is 0.267 e. The predicted octanol–water partition coefficient (Wildman–Crippen LogP) is 3.37. The van der Waals surface area contributed by atoms with Crippen molar-refractivity contribution in [3.63, 3.8) is 0 Å². The molecular weight excluding hydrogens is 236 g/mol. The summed E-state index contributed by atoms with van der Waals surface area (Å²) >= 11 is 5.71. The lowest BCUT2D eigenvalue weighted by molar-refractivity contribution is -0.109. The van der Waals surface area contributed by atoms with Crippen LogP contribution in [0, 0.1) is 5.92 Å². The molecule has 0 aliphatic heterocycles. The number of carbonyl (C=O) groups is 1. The van der Waals surface area contributed by atoms with E-state index in [2.05, 4.69) is 4.98 Å². The third kappa shape index (κ3) is 2.07. The Morgan fingerprint density at radius 2 is 2.19 bits per heavy atom. The molecule has 1 unspecified atom stereocenters. The van der Waals surface area contributed by atoms with Gasteiger partial charge in [0.1, 0.15) is 6.29 Å². The average Bonchev–Trinajstić information content (AvgIpc) is 3.02. The van der Waals surface area contributed by atoms with Crippen molar-refractivity contribution >= 4 is 17.9 Å². The number of pyridine rings is 1. The standard InChI is InChI=1S/C11H10ClF2NO/c12-8-3-4-15-10(9(8)11(13)14)7(5-16)6-1-2-6/h3-7,11H,1-2H2. The molecule has 0 aromatic carbocycles. The topological polar surface area (TPSA) is 30.0 Å². The Hall–Kier alpha value is -1.03. The van der Waals surface area contributed by atoms with Crippen LogP contribution in [0.5, 0.6) is 0 Å². The van der Waals surface area contributed by atoms with Crippen molar-refractivity contribution in [1.29, 1.82) is 0 Å². The fraction of sp³-hybridized carbons (Fsp3) is 0.455. The number of aldehydes is 1. The monoisotopic (exact) mass is 245 g/mol. The maximum atomic E-state index is 12.8. The van der Waals surface area contributed by atoms with E-state index in [1.807, 2.05) is 0 Å². The minimum atomic E-state index is -2.70. The highest BCUT2D eigenvalue weighted by Crippen LogP contribution is 2.44. The summed E-state index contributed by atoms with van der Waals surface area (Å²) in [6.07, 6.45) is 1.14. The number of halogens is 3. The second-order valence-electron chi connectivity index (χ2n) is 3.89. The highest BCUT2D eigenvalue weighted by Gasteiger charge is 2.36. The third-order valence-electron chi connectivity index (χ3n) is 2.78. The van der Waals surface area contributed by atoms with Crippen LogP contribution in [0.2, 0.25) is 5.02 Å². The summed E-state index contributed by atoms with van der Waals surface area (Å²) in [5, 5.41) is -0.0208. The number of carbonyl (C=O) groups excluding carboxylic acids is 1. The van der Waals surface area contributed by atoms with Crippen molar-refractivity contribution in [3.8, 4) is 0 Å². The van der Waals surface area contributed by atoms with E-state index in [9.17, 15) is 13.6 Å². The van der Waals surface area contributed by atoms with Crippen LogP contribution in [0.1, 0.15) is 36.4 Å². The molecule has 0 bridgehead atoms. The lowest BCUT2D eigenvalue weighted by Gasteiger charge is -2.14. The molecule has 1 atom stereocenters. The molecule has 1 aliphatic rings. The first-order chi connectivity index (χ1) is 7.65. The first kappa shape index (κ1) is 11.5. The Morgan fingerprint density at radius 3 is 2.69 bits per heavy atom. The number of hydrogen-bond donors (Lipinski definition) is 0. The summed E-state index contributed by atoms with van der Waals surface area (Å²) in [7, 11) is 0. The van der Waals surface area contributed by atoms with E-state index in [4.69, 9.17) is 11.6 Å². The van der Waals surface area contributed by atoms with E-state index in [0.717, 1.165) is 12.8 Å². The average molecular weight is 246 g/mol. The van der Waals surface area contributed by atoms with Crippen LogP contribution < -0.4 is 0 Å². The highest BCUT2D eigenvalue weighted by molar-refractivity contribution is 6.31. The zero-order valence-electron chi connectivity index (χ0n) is 8.37. The molecule has 1 fully saturated rings. The van der Waals surface area contributed by atoms with Gasteiger partial charge in [-0.25, -0.2) is 8.78 Å². The summed E-state index contributed by atoms with van der Waals surface area (Å²) in [6.45, 7) is 0. The highest BCUT2D eigenvalue weighted by atomic mass is 35.5. The van der Waals surface area contributed by atoms with Gasteiger partial charge in [-0.2, -0.15) is 0 Å². The van der Waals surface area contributed by atoms with Crippen LogP contribution in [0.15, 0.2) is 12.3 Å². The molecule has 1 aromatic rings. The van der Waals surface area contributed by atoms with Crippen LogP contribution >= 0.6 is 11.6 Å². The predicted molar refractivity (Wildman–Crippen MR) is 55.7 cm³/mol. The molecule has 0 radical (unpaired) electrons. The molecule has 1 heterocycles. The second kappa shape index (κ2) is 4.45. The molecule has 2 rings (SSSR count). The van der Waals surface area contributed by atoms with Crippen molar-refractivity contribution < 1.29 is 13.6 Å². The van der Waals surface area contributed by atoms with Crippen LogP contribution in [0.3, 0.4) is 0 Å². The van der Waals surface area contributed by atoms with Gasteiger partial charge < -0.3 is 4.79 Å². The minimum Gasteiger partial charge on any atom is -0.303 e. The van der Waals surface area contributed by atoms with Gasteiger partial charge >= 0.3 is 0 Å². The van der Waals surface area contributed by atoms with Crippen molar-refractivity contribution in [2.75, 3.05) is 0 Å². The van der Waals surface area contributed by atoms with E-state index < -0.39 is 12.3 Å². The Bertz CT molecular complexity index is 407. The second-order valence-corrected chi connectivity index (χ2v) is 4.30. The number of aromatic nitrogens is 1. The van der Waals surface area contributed by atoms with Gasteiger partial charge in [0.05, 0.1) is 22.2 Å². The lowest BCUT2D eigenvalue weighted by Crippen LogP contribution is -2.09. The normalized spacial score (nSPS) is 17.5. The SMILES string of the molecule is O=CC(c1nccc(Cl)c1C(F)F)C1CC1. The van der Waals surface area contributed by atoms with E-state index >= 15 is 0 Å². The summed E-state index contributed by atoms with van der Waals surface area (Å²) in [4.78, 5) is 14.8. The fourth-order valence-electron chi connectivity index (χ4n) is 1.80. The first-order valence-electron chi connectivity index (χ1n) is 5.03. The van der Waals surface area contributed by atoms with Gasteiger partial charge in [0, 0.05) is 6.20 Å². The molecular formula is C11H10ClF2NO. The summed E-state index contributed by atoms with van der Waals surface area (Å²) < 4.78 is 25.7. The quantitative estimate of drug-likeness (QED) is 0.762. The summed E-state index contributed by atoms with van der Waals surface area (Å²) in [5.74, 6) is -0.385. The zero-order chi connectivity index (χ0) is 11.7. The van der Waals surface area contributed by atoms with Crippen molar-refractivity contribution in [2.45, 2.75) is 25.2 Å². The van der Waals surface area contributed by atoms with Gasteiger partial charge in [-0.3, -0.25) is 4.98 Å². The Kier molecular flexibility index (Phi) is 3.19. The third-order valence-corrected chi connectivity index (χ3v) is 3.11. The van der Waals surface area contributed by atoms with Crippen molar-refractivity contribution in [3.05, 3.63) is 28.5 Å². The van der Waals surface area contributed by atoms with Crippen LogP contribution in [-0.2, 0) is 4.79 Å². The van der Waals surface area contributed by atoms with Gasteiger partial charge in [0.2, 0.25) is 0 Å². The summed E-state index contributed by atoms with van der Waals surface area (Å²) in [5.41, 5.74) is -0.159. The molecule has 0 spiro atoms. The molecule has 0 amide bonds. The Morgan fingerprint density at radius 1 is 1.50 bits per heavy atom. The number of nitrogens with zero attached hydrogens (tertiary/aromatic N) is 1. The number of hydrogen-bond acceptors (Lipinski definition) is 2. The molecule has 2 nitrogen and oxygen atoms in total. The Balaban J connectivity index is 2.45. The summed E-state index contributed by atoms with van der Waals surface area (Å²) in [6, 6.07) is 1.32. The lowest BCUT2D eigenvalue weighted by atomic mass is 9.97. The van der Waals surface area contributed by atoms with Crippen molar-refractivity contribution in [1.82, 2.24) is 4.98 Å². The molecule has 0 saturated heterocycles. The van der Waals surface area contributed by atoms with Crippen LogP contribution in [0.25, 0.3) is 0 Å². The molecule has 16 heavy (non-hydrogen) atoms. The largest absolute Gasteiger partial charge is 0.303 e. The molecule has 1 aliphatic carbocycles. The van der Waals surface area contributed by atoms with Crippen LogP contribution in [-0.4, -0.2) is 11.3 Å². The minimum absolute atomic E-state index is 0.0208. The number of rotatable bonds is 4. The zero-order valence-corrected chi connectivity index (χ0v) is 9.12. The molecule has 86 valence electrons. The van der Waals surface area contributed by atoms with Gasteiger partial charge in [0.25, 0.3) is 6.43 Å². The van der Waals surface area contributed by atoms with E-state index in [0.29, 0.717) is 6.29 Å². The van der Waals surface area contributed by atoms with Gasteiger partial charge in [-0.05, 0) is 24.8 Å². The first-order valence-corrected chi connectivity index (χ1v) is 5.40. The molecule has 5 heteroatoms.